The number of rotatable bonds is 23. The zero-order valence-corrected chi connectivity index (χ0v) is 30.8. The van der Waals surface area contributed by atoms with Crippen LogP contribution in [-0.4, -0.2) is 58.1 Å². The molecule has 0 spiro atoms. The van der Waals surface area contributed by atoms with Gasteiger partial charge < -0.3 is 19.7 Å². The summed E-state index contributed by atoms with van der Waals surface area (Å²) in [4.78, 5) is 38.1. The van der Waals surface area contributed by atoms with Gasteiger partial charge in [0.2, 0.25) is 5.91 Å². The molecule has 0 aliphatic carbocycles. The van der Waals surface area contributed by atoms with Crippen LogP contribution in [0.5, 0.6) is 5.75 Å². The molecule has 0 saturated carbocycles. The van der Waals surface area contributed by atoms with E-state index in [9.17, 15) is 24.1 Å². The first-order chi connectivity index (χ1) is 25.1. The first-order valence-corrected chi connectivity index (χ1v) is 19.2. The lowest BCUT2D eigenvalue weighted by Crippen LogP contribution is -2.43. The maximum atomic E-state index is 15.6. The smallest absolute Gasteiger partial charge is 0.413 e. The maximum Gasteiger partial charge on any atom is 0.458 e. The number of hydrogen-bond acceptors (Lipinski definition) is 8. The summed E-state index contributed by atoms with van der Waals surface area (Å²) < 4.78 is 47.0. The number of aliphatic hydroxyl groups excluding tert-OH is 1. The molecule has 1 unspecified atom stereocenters. The summed E-state index contributed by atoms with van der Waals surface area (Å²) in [6, 6.07) is 9.24. The number of benzene rings is 1. The number of allylic oxidation sites excluding steroid dienone is 10. The molecule has 12 nitrogen and oxygen atoms in total. The van der Waals surface area contributed by atoms with Crippen LogP contribution in [0.4, 0.5) is 4.39 Å². The van der Waals surface area contributed by atoms with Gasteiger partial charge in [0.1, 0.15) is 18.0 Å². The van der Waals surface area contributed by atoms with E-state index >= 15 is 4.39 Å². The monoisotopic (exact) mass is 742 g/mol. The van der Waals surface area contributed by atoms with E-state index in [1.54, 1.807) is 30.3 Å². The van der Waals surface area contributed by atoms with Crippen LogP contribution in [0.1, 0.15) is 71.4 Å². The number of nitrogens with zero attached hydrogens (tertiary/aromatic N) is 1. The van der Waals surface area contributed by atoms with Crippen molar-refractivity contribution in [2.24, 2.45) is 0 Å². The lowest BCUT2D eigenvalue weighted by Gasteiger charge is -2.24. The van der Waals surface area contributed by atoms with Gasteiger partial charge in [0.15, 0.2) is 11.9 Å². The number of carbonyl (C=O) groups excluding carboxylic acids is 1. The normalized spacial score (nSPS) is 22.0. The zero-order chi connectivity index (χ0) is 37.7. The lowest BCUT2D eigenvalue weighted by atomic mass is 9.98. The first-order valence-electron chi connectivity index (χ1n) is 17.7. The Balaban J connectivity index is 1.38. The molecule has 2 aromatic rings. The van der Waals surface area contributed by atoms with Gasteiger partial charge in [-0.3, -0.25) is 23.7 Å². The molecule has 1 saturated heterocycles. The van der Waals surface area contributed by atoms with Crippen molar-refractivity contribution in [3.8, 4) is 5.75 Å². The van der Waals surface area contributed by atoms with Gasteiger partial charge in [0, 0.05) is 31.8 Å². The number of aliphatic hydroxyl groups is 1. The molecule has 1 aromatic heterocycles. The number of hydrogen-bond donors (Lipinski definition) is 4. The van der Waals surface area contributed by atoms with Crippen LogP contribution in [0.3, 0.4) is 0 Å². The molecule has 3 rings (SSSR count). The third-order valence-electron chi connectivity index (χ3n) is 7.88. The molecule has 284 valence electrons. The average molecular weight is 743 g/mol. The van der Waals surface area contributed by atoms with Crippen LogP contribution >= 0.6 is 7.75 Å². The van der Waals surface area contributed by atoms with Crippen LogP contribution in [0.25, 0.3) is 0 Å². The SMILES string of the molecule is CC/C=C\C/C=C\C/C=C\C/C=C\C/C=C\CCCC(=O)NCCNP(=O)(OC[C@H]1O[C@@H](n2ccc(=O)[nH]c2=O)[C@](C)(F)[C@@H]1O)Oc1ccccc1. The number of aromatic amines is 1. The number of nitrogens with one attached hydrogen (secondary N) is 3. The molecular weight excluding hydrogens is 690 g/mol. The Morgan fingerprint density at radius 3 is 2.21 bits per heavy atom. The van der Waals surface area contributed by atoms with Crippen molar-refractivity contribution in [1.29, 1.82) is 0 Å². The van der Waals surface area contributed by atoms with Gasteiger partial charge in [-0.2, -0.15) is 0 Å². The number of unbranched alkanes of at least 4 members (excludes halogenated alkanes) is 1. The molecule has 1 amide bonds. The van der Waals surface area contributed by atoms with Crippen LogP contribution in [0.15, 0.2) is 113 Å². The molecule has 52 heavy (non-hydrogen) atoms. The van der Waals surface area contributed by atoms with Crippen molar-refractivity contribution in [2.75, 3.05) is 19.7 Å². The third kappa shape index (κ3) is 14.8. The highest BCUT2D eigenvalue weighted by atomic mass is 31.2. The van der Waals surface area contributed by atoms with Crippen LogP contribution in [0.2, 0.25) is 0 Å². The van der Waals surface area contributed by atoms with Gasteiger partial charge >= 0.3 is 13.4 Å². The Morgan fingerprint density at radius 1 is 0.981 bits per heavy atom. The summed E-state index contributed by atoms with van der Waals surface area (Å²) in [6.45, 7) is 2.73. The maximum absolute atomic E-state index is 15.6. The second-order valence-electron chi connectivity index (χ2n) is 12.2. The number of aromatic nitrogens is 2. The Morgan fingerprint density at radius 2 is 1.60 bits per heavy atom. The summed E-state index contributed by atoms with van der Waals surface area (Å²) >= 11 is 0. The summed E-state index contributed by atoms with van der Waals surface area (Å²) in [6.07, 6.45) is 24.2. The Kier molecular flexibility index (Phi) is 18.5. The minimum Gasteiger partial charge on any atom is -0.413 e. The molecule has 0 radical (unpaired) electrons. The van der Waals surface area contributed by atoms with E-state index in [2.05, 4.69) is 78.1 Å². The van der Waals surface area contributed by atoms with Crippen molar-refractivity contribution < 1.29 is 32.6 Å². The quantitative estimate of drug-likeness (QED) is 0.0578. The largest absolute Gasteiger partial charge is 0.458 e. The summed E-state index contributed by atoms with van der Waals surface area (Å²) in [7, 11) is -4.14. The highest BCUT2D eigenvalue weighted by molar-refractivity contribution is 7.52. The summed E-state index contributed by atoms with van der Waals surface area (Å²) in [5.74, 6) is 0.0560. The van der Waals surface area contributed by atoms with Gasteiger partial charge in [-0.05, 0) is 64.0 Å². The van der Waals surface area contributed by atoms with Crippen LogP contribution in [0, 0.1) is 0 Å². The van der Waals surface area contributed by atoms with Gasteiger partial charge in [-0.15, -0.1) is 0 Å². The third-order valence-corrected chi connectivity index (χ3v) is 9.43. The average Bonchev–Trinajstić information content (AvgIpc) is 3.34. The molecule has 5 atom stereocenters. The molecule has 1 fully saturated rings. The second-order valence-corrected chi connectivity index (χ2v) is 13.9. The van der Waals surface area contributed by atoms with E-state index < -0.39 is 49.7 Å². The van der Waals surface area contributed by atoms with Crippen molar-refractivity contribution >= 4 is 13.7 Å². The van der Waals surface area contributed by atoms with Crippen molar-refractivity contribution in [3.05, 3.63) is 124 Å². The molecule has 4 N–H and O–H groups in total. The second kappa shape index (κ2) is 22.7. The van der Waals surface area contributed by atoms with E-state index in [4.69, 9.17) is 13.8 Å². The standard InChI is InChI=1S/C38H52FN4O8P/c1-3-4-5-6-7-8-9-10-11-12-13-14-15-16-17-18-22-25-33(44)40-27-28-41-52(48,51-31-23-20-19-21-24-31)49-30-32-35(46)38(2,39)36(50-32)43-29-26-34(45)42-37(43)47/h4-5,7-8,10-11,13-14,16-17,19-21,23-24,26,29,32,35-36,46H,3,6,9,12,15,18,22,25,27-28,30H2,1-2H3,(H,40,44)(H,41,48)(H,42,45,47)/b5-4-,8-7-,11-10-,14-13-,17-16-/t32-,35-,36-,38-,52?/m1/s1. The Labute approximate surface area is 304 Å². The summed E-state index contributed by atoms with van der Waals surface area (Å²) in [5.41, 5.74) is -4.07. The molecule has 2 heterocycles. The summed E-state index contributed by atoms with van der Waals surface area (Å²) in [5, 5.41) is 16.1. The predicted molar refractivity (Wildman–Crippen MR) is 201 cm³/mol. The van der Waals surface area contributed by atoms with E-state index in [0.29, 0.717) is 12.8 Å². The Hall–Kier alpha value is -4.13. The molecule has 1 aliphatic heterocycles. The Bertz CT molecular complexity index is 1690. The molecular formula is C38H52FN4O8P. The van der Waals surface area contributed by atoms with E-state index in [0.717, 1.165) is 62.3 Å². The van der Waals surface area contributed by atoms with E-state index in [1.807, 2.05) is 4.98 Å². The predicted octanol–water partition coefficient (Wildman–Crippen LogP) is 6.35. The fourth-order valence-electron chi connectivity index (χ4n) is 5.09. The van der Waals surface area contributed by atoms with Crippen LogP contribution in [-0.2, 0) is 18.6 Å². The van der Waals surface area contributed by atoms with Gasteiger partial charge in [-0.1, -0.05) is 85.9 Å². The molecule has 1 aliphatic rings. The molecule has 1 aromatic carbocycles. The topological polar surface area (TPSA) is 161 Å². The fraction of sp³-hybridized carbons (Fsp3) is 0.447. The minimum atomic E-state index is -4.14. The minimum absolute atomic E-state index is 0.00885. The highest BCUT2D eigenvalue weighted by Gasteiger charge is 2.55. The molecule has 14 heteroatoms. The van der Waals surface area contributed by atoms with Crippen molar-refractivity contribution in [3.63, 3.8) is 0 Å². The van der Waals surface area contributed by atoms with Gasteiger partial charge in [-0.25, -0.2) is 18.8 Å². The van der Waals surface area contributed by atoms with E-state index in [1.165, 1.54) is 0 Å². The van der Waals surface area contributed by atoms with Crippen molar-refractivity contribution in [2.45, 2.75) is 89.3 Å². The fourth-order valence-corrected chi connectivity index (χ4v) is 6.43. The number of halogens is 1. The number of carbonyl (C=O) groups is 1. The molecule has 0 bridgehead atoms. The van der Waals surface area contributed by atoms with Crippen LogP contribution < -0.4 is 26.2 Å². The lowest BCUT2D eigenvalue weighted by molar-refractivity contribution is -0.121. The van der Waals surface area contributed by atoms with E-state index in [-0.39, 0.29) is 24.7 Å². The number of amides is 1. The number of ether oxygens (including phenoxy) is 1. The van der Waals surface area contributed by atoms with Crippen molar-refractivity contribution in [1.82, 2.24) is 20.0 Å². The number of H-pyrrole nitrogens is 1. The van der Waals surface area contributed by atoms with Gasteiger partial charge in [0.05, 0.1) is 6.61 Å². The first kappa shape index (κ1) is 42.3. The zero-order valence-electron chi connectivity index (χ0n) is 29.9. The number of para-hydroxylation sites is 1. The highest BCUT2D eigenvalue weighted by Crippen LogP contribution is 2.46. The number of alkyl halides is 1. The van der Waals surface area contributed by atoms with Gasteiger partial charge in [0.25, 0.3) is 5.56 Å².